The molecule has 3 aromatic rings. The van der Waals surface area contributed by atoms with E-state index in [4.69, 9.17) is 0 Å². The highest BCUT2D eigenvalue weighted by Gasteiger charge is 2.07. The zero-order chi connectivity index (χ0) is 21.5. The van der Waals surface area contributed by atoms with E-state index in [0.29, 0.717) is 24.2 Å². The number of para-hydroxylation sites is 1. The van der Waals surface area contributed by atoms with Gasteiger partial charge in [-0.15, -0.1) is 0 Å². The van der Waals surface area contributed by atoms with E-state index in [1.165, 1.54) is 0 Å². The molecule has 0 saturated carbocycles. The second-order valence-corrected chi connectivity index (χ2v) is 7.14. The fourth-order valence-corrected chi connectivity index (χ4v) is 3.11. The number of rotatable bonds is 7. The van der Waals surface area contributed by atoms with Crippen LogP contribution in [0.15, 0.2) is 71.2 Å². The highest BCUT2D eigenvalue weighted by Crippen LogP contribution is 2.29. The molecule has 0 bridgehead atoms. The summed E-state index contributed by atoms with van der Waals surface area (Å²) in [6, 6.07) is 17.6. The summed E-state index contributed by atoms with van der Waals surface area (Å²) in [5.74, 6) is 0.487. The topological polar surface area (TPSA) is 65.2 Å². The first-order valence-corrected chi connectivity index (χ1v) is 9.84. The first-order chi connectivity index (χ1) is 14.5. The van der Waals surface area contributed by atoms with Gasteiger partial charge in [-0.05, 0) is 59.9 Å². The molecule has 0 aliphatic heterocycles. The third-order valence-corrected chi connectivity index (χ3v) is 4.90. The molecule has 0 fully saturated rings. The van der Waals surface area contributed by atoms with Crippen molar-refractivity contribution in [2.24, 2.45) is 9.98 Å². The highest BCUT2D eigenvalue weighted by atomic mass is 16.3. The molecule has 3 aromatic carbocycles. The molecule has 0 atom stereocenters. The predicted octanol–water partition coefficient (Wildman–Crippen LogP) is 5.56. The van der Waals surface area contributed by atoms with Crippen LogP contribution in [0.2, 0.25) is 0 Å². The molecule has 0 unspecified atom stereocenters. The van der Waals surface area contributed by atoms with Crippen molar-refractivity contribution in [1.82, 2.24) is 0 Å². The minimum Gasteiger partial charge on any atom is -0.507 e. The normalized spacial score (nSPS) is 11.4. The highest BCUT2D eigenvalue weighted by molar-refractivity contribution is 5.87. The summed E-state index contributed by atoms with van der Waals surface area (Å²) in [6.45, 7) is 8.50. The molecule has 0 aromatic heterocycles. The Labute approximate surface area is 177 Å². The molecule has 0 radical (unpaired) electrons. The third-order valence-electron chi connectivity index (χ3n) is 4.90. The molecule has 0 spiro atoms. The molecule has 0 heterocycles. The van der Waals surface area contributed by atoms with Crippen LogP contribution >= 0.6 is 0 Å². The number of aliphatic imine (C=N–C) groups is 2. The summed E-state index contributed by atoms with van der Waals surface area (Å²) < 4.78 is 0. The number of hydrogen-bond donors (Lipinski definition) is 2. The molecule has 0 aliphatic rings. The minimum atomic E-state index is 0.235. The maximum absolute atomic E-state index is 10.4. The van der Waals surface area contributed by atoms with Gasteiger partial charge in [-0.25, -0.2) is 0 Å². The summed E-state index contributed by atoms with van der Waals surface area (Å²) in [4.78, 5) is 8.73. The van der Waals surface area contributed by atoms with Gasteiger partial charge in [0.25, 0.3) is 0 Å². The van der Waals surface area contributed by atoms with Crippen LogP contribution < -0.4 is 0 Å². The fraction of sp³-hybridized carbons (Fsp3) is 0.154. The average Bonchev–Trinajstić information content (AvgIpc) is 2.76. The third kappa shape index (κ3) is 5.03. The van der Waals surface area contributed by atoms with Gasteiger partial charge in [-0.2, -0.15) is 0 Å². The smallest absolute Gasteiger partial charge is 0.127 e. The fourth-order valence-electron chi connectivity index (χ4n) is 3.11. The molecular formula is C26H26N2O2. The van der Waals surface area contributed by atoms with E-state index in [0.717, 1.165) is 27.8 Å². The van der Waals surface area contributed by atoms with Crippen LogP contribution in [-0.4, -0.2) is 35.7 Å². The van der Waals surface area contributed by atoms with Crippen LogP contribution in [0.25, 0.3) is 17.2 Å². The Bertz CT molecular complexity index is 1100. The van der Waals surface area contributed by atoms with Gasteiger partial charge in [0.2, 0.25) is 0 Å². The van der Waals surface area contributed by atoms with Crippen molar-refractivity contribution in [1.29, 1.82) is 0 Å². The second-order valence-electron chi connectivity index (χ2n) is 7.14. The molecular weight excluding hydrogens is 372 g/mol. The van der Waals surface area contributed by atoms with Crippen molar-refractivity contribution in [3.63, 3.8) is 0 Å². The van der Waals surface area contributed by atoms with Gasteiger partial charge < -0.3 is 10.2 Å². The van der Waals surface area contributed by atoms with E-state index in [1.807, 2.05) is 74.5 Å². The maximum Gasteiger partial charge on any atom is 0.127 e. The van der Waals surface area contributed by atoms with Crippen LogP contribution in [0.4, 0.5) is 0 Å². The number of phenols is 2. The van der Waals surface area contributed by atoms with Crippen molar-refractivity contribution >= 4 is 18.5 Å². The Balaban J connectivity index is 1.68. The van der Waals surface area contributed by atoms with Crippen LogP contribution in [-0.2, 0) is 0 Å². The summed E-state index contributed by atoms with van der Waals surface area (Å²) in [5.41, 5.74) is 6.16. The SMILES string of the molecule is C=Cc1ccc(-c2cc(C)c(O)c(C=NCCN=Cc3cccc(C)c3O)c2)cc1. The van der Waals surface area contributed by atoms with E-state index < -0.39 is 0 Å². The summed E-state index contributed by atoms with van der Waals surface area (Å²) in [7, 11) is 0. The molecule has 0 aliphatic carbocycles. The predicted molar refractivity (Wildman–Crippen MR) is 126 cm³/mol. The van der Waals surface area contributed by atoms with Gasteiger partial charge in [0.15, 0.2) is 0 Å². The van der Waals surface area contributed by atoms with Crippen molar-refractivity contribution in [3.05, 3.63) is 89.0 Å². The first-order valence-electron chi connectivity index (χ1n) is 9.84. The standard InChI is InChI=1S/C26H26N2O2/c1-4-20-8-10-21(11-9-20)23-14-19(3)26(30)24(15-23)17-28-13-12-27-16-22-7-5-6-18(2)25(22)29/h4-11,14-17,29-30H,1,12-13H2,2-3H3. The van der Waals surface area contributed by atoms with Crippen LogP contribution in [0.5, 0.6) is 11.5 Å². The first kappa shape index (κ1) is 21.1. The van der Waals surface area contributed by atoms with Crippen LogP contribution in [0.3, 0.4) is 0 Å². The lowest BCUT2D eigenvalue weighted by Crippen LogP contribution is -1.93. The molecule has 30 heavy (non-hydrogen) atoms. The van der Waals surface area contributed by atoms with Crippen LogP contribution in [0.1, 0.15) is 27.8 Å². The minimum absolute atomic E-state index is 0.235. The van der Waals surface area contributed by atoms with Gasteiger partial charge in [-0.3, -0.25) is 9.98 Å². The van der Waals surface area contributed by atoms with E-state index >= 15 is 0 Å². The van der Waals surface area contributed by atoms with Crippen molar-refractivity contribution in [2.45, 2.75) is 13.8 Å². The summed E-state index contributed by atoms with van der Waals surface area (Å²) in [5, 5.41) is 20.4. The monoisotopic (exact) mass is 398 g/mol. The zero-order valence-corrected chi connectivity index (χ0v) is 17.3. The van der Waals surface area contributed by atoms with Gasteiger partial charge in [0.1, 0.15) is 11.5 Å². The number of aryl methyl sites for hydroxylation is 2. The second kappa shape index (κ2) is 9.70. The van der Waals surface area contributed by atoms with Gasteiger partial charge >= 0.3 is 0 Å². The van der Waals surface area contributed by atoms with E-state index in [2.05, 4.69) is 16.6 Å². The largest absolute Gasteiger partial charge is 0.507 e. The Morgan fingerprint density at radius 3 is 2.07 bits per heavy atom. The quantitative estimate of drug-likeness (QED) is 0.404. The summed E-state index contributed by atoms with van der Waals surface area (Å²) in [6.07, 6.45) is 5.16. The van der Waals surface area contributed by atoms with Gasteiger partial charge in [-0.1, -0.05) is 49.1 Å². The van der Waals surface area contributed by atoms with E-state index in [-0.39, 0.29) is 11.5 Å². The lowest BCUT2D eigenvalue weighted by atomic mass is 9.98. The molecule has 152 valence electrons. The molecule has 3 rings (SSSR count). The Morgan fingerprint density at radius 2 is 1.40 bits per heavy atom. The number of aromatic hydroxyl groups is 2. The van der Waals surface area contributed by atoms with Gasteiger partial charge in [0.05, 0.1) is 13.1 Å². The van der Waals surface area contributed by atoms with Gasteiger partial charge in [0, 0.05) is 23.6 Å². The lowest BCUT2D eigenvalue weighted by Gasteiger charge is -2.09. The van der Waals surface area contributed by atoms with E-state index in [1.54, 1.807) is 12.4 Å². The molecule has 4 nitrogen and oxygen atoms in total. The Kier molecular flexibility index (Phi) is 6.81. The Morgan fingerprint density at radius 1 is 0.767 bits per heavy atom. The average molecular weight is 399 g/mol. The van der Waals surface area contributed by atoms with Crippen molar-refractivity contribution in [3.8, 4) is 22.6 Å². The molecule has 0 amide bonds. The number of benzene rings is 3. The Hall–Kier alpha value is -3.66. The van der Waals surface area contributed by atoms with Crippen molar-refractivity contribution in [2.75, 3.05) is 13.1 Å². The molecule has 0 saturated heterocycles. The zero-order valence-electron chi connectivity index (χ0n) is 17.3. The summed E-state index contributed by atoms with van der Waals surface area (Å²) >= 11 is 0. The lowest BCUT2D eigenvalue weighted by molar-refractivity contribution is 0.470. The molecule has 2 N–H and O–H groups in total. The van der Waals surface area contributed by atoms with Crippen molar-refractivity contribution < 1.29 is 10.2 Å². The number of phenolic OH excluding ortho intramolecular Hbond substituents is 2. The molecule has 4 heteroatoms. The number of hydrogen-bond acceptors (Lipinski definition) is 4. The van der Waals surface area contributed by atoms with Crippen LogP contribution in [0, 0.1) is 13.8 Å². The number of nitrogens with zero attached hydrogens (tertiary/aromatic N) is 2. The maximum atomic E-state index is 10.4. The van der Waals surface area contributed by atoms with E-state index in [9.17, 15) is 10.2 Å².